The van der Waals surface area contributed by atoms with Gasteiger partial charge in [0.1, 0.15) is 0 Å². The summed E-state index contributed by atoms with van der Waals surface area (Å²) < 4.78 is 4.96. The van der Waals surface area contributed by atoms with Crippen LogP contribution in [0.1, 0.15) is 12.8 Å². The summed E-state index contributed by atoms with van der Waals surface area (Å²) in [5.41, 5.74) is 0. The summed E-state index contributed by atoms with van der Waals surface area (Å²) in [4.78, 5) is 18.5. The fourth-order valence-electron chi connectivity index (χ4n) is 2.31. The normalized spacial score (nSPS) is 16.7. The minimum Gasteiger partial charge on any atom is -0.385 e. The number of carbonyl (C=O) groups excluding carboxylic acids is 1. The lowest BCUT2D eigenvalue weighted by atomic mass is 10.3. The van der Waals surface area contributed by atoms with Crippen molar-refractivity contribution in [3.63, 3.8) is 0 Å². The summed E-state index contributed by atoms with van der Waals surface area (Å²) in [7, 11) is 5.88. The van der Waals surface area contributed by atoms with E-state index >= 15 is 0 Å². The van der Waals surface area contributed by atoms with Gasteiger partial charge in [0.25, 0.3) is 0 Å². The smallest absolute Gasteiger partial charge is 0.317 e. The molecule has 20 heavy (non-hydrogen) atoms. The largest absolute Gasteiger partial charge is 0.385 e. The monoisotopic (exact) mass is 286 g/mol. The first-order valence-electron chi connectivity index (χ1n) is 7.52. The first-order valence-corrected chi connectivity index (χ1v) is 7.52. The molecule has 1 saturated heterocycles. The molecule has 0 atom stereocenters. The van der Waals surface area contributed by atoms with Gasteiger partial charge in [0.15, 0.2) is 0 Å². The lowest BCUT2D eigenvalue weighted by Gasteiger charge is -2.34. The molecule has 1 heterocycles. The molecule has 1 rings (SSSR count). The van der Waals surface area contributed by atoms with Gasteiger partial charge in [-0.05, 0) is 40.0 Å². The van der Waals surface area contributed by atoms with Crippen LogP contribution in [0.2, 0.25) is 0 Å². The second-order valence-electron chi connectivity index (χ2n) is 5.56. The number of urea groups is 1. The fourth-order valence-corrected chi connectivity index (χ4v) is 2.31. The molecule has 0 unspecified atom stereocenters. The van der Waals surface area contributed by atoms with Crippen molar-refractivity contribution >= 4 is 6.03 Å². The molecule has 0 saturated carbocycles. The number of amides is 2. The minimum atomic E-state index is 0.0639. The molecular formula is C14H30N4O2. The Labute approximate surface area is 123 Å². The van der Waals surface area contributed by atoms with Gasteiger partial charge < -0.3 is 19.9 Å². The van der Waals surface area contributed by atoms with Gasteiger partial charge >= 0.3 is 6.03 Å². The highest BCUT2D eigenvalue weighted by atomic mass is 16.5. The molecule has 0 aliphatic carbocycles. The lowest BCUT2D eigenvalue weighted by Crippen LogP contribution is -2.52. The molecule has 1 aliphatic heterocycles. The maximum Gasteiger partial charge on any atom is 0.317 e. The summed E-state index contributed by atoms with van der Waals surface area (Å²) in [5.74, 6) is 0. The van der Waals surface area contributed by atoms with Crippen molar-refractivity contribution in [3.05, 3.63) is 0 Å². The van der Waals surface area contributed by atoms with E-state index in [-0.39, 0.29) is 6.03 Å². The fraction of sp³-hybridized carbons (Fsp3) is 0.929. The molecule has 118 valence electrons. The third-order valence-electron chi connectivity index (χ3n) is 3.54. The van der Waals surface area contributed by atoms with Gasteiger partial charge in [-0.3, -0.25) is 4.90 Å². The highest BCUT2D eigenvalue weighted by Crippen LogP contribution is 2.03. The van der Waals surface area contributed by atoms with Crippen molar-refractivity contribution in [3.8, 4) is 0 Å². The zero-order chi connectivity index (χ0) is 14.8. The Bertz CT molecular complexity index is 266. The van der Waals surface area contributed by atoms with Crippen LogP contribution in [-0.4, -0.2) is 94.4 Å². The number of hydrogen-bond acceptors (Lipinski definition) is 4. The summed E-state index contributed by atoms with van der Waals surface area (Å²) in [6.45, 7) is 7.27. The minimum absolute atomic E-state index is 0.0639. The van der Waals surface area contributed by atoms with Crippen LogP contribution in [0.5, 0.6) is 0 Å². The van der Waals surface area contributed by atoms with Gasteiger partial charge in [0.2, 0.25) is 0 Å². The standard InChI is InChI=1S/C14H30N4O2/c1-16(2)7-5-8-17-9-11-18(12-10-17)14(19)15-6-4-13-20-3/h4-13H2,1-3H3,(H,15,19). The SMILES string of the molecule is COCCCNC(=O)N1CCN(CCCN(C)C)CC1. The Hall–Kier alpha value is -0.850. The summed E-state index contributed by atoms with van der Waals surface area (Å²) >= 11 is 0. The molecule has 1 aliphatic rings. The maximum absolute atomic E-state index is 11.9. The number of ether oxygens (including phenoxy) is 1. The number of carbonyl (C=O) groups is 1. The van der Waals surface area contributed by atoms with E-state index in [1.807, 2.05) is 4.90 Å². The Kier molecular flexibility index (Phi) is 8.57. The van der Waals surface area contributed by atoms with Crippen molar-refractivity contribution in [1.82, 2.24) is 20.0 Å². The average Bonchev–Trinajstić information content (AvgIpc) is 2.44. The van der Waals surface area contributed by atoms with E-state index in [0.717, 1.165) is 45.7 Å². The molecular weight excluding hydrogens is 256 g/mol. The van der Waals surface area contributed by atoms with Crippen molar-refractivity contribution in [2.24, 2.45) is 0 Å². The molecule has 2 amide bonds. The number of nitrogens with zero attached hydrogens (tertiary/aromatic N) is 3. The van der Waals surface area contributed by atoms with Gasteiger partial charge in [0, 0.05) is 46.4 Å². The van der Waals surface area contributed by atoms with Gasteiger partial charge in [-0.25, -0.2) is 4.79 Å². The Morgan fingerprint density at radius 1 is 1.20 bits per heavy atom. The van der Waals surface area contributed by atoms with Crippen LogP contribution >= 0.6 is 0 Å². The quantitative estimate of drug-likeness (QED) is 0.652. The number of hydrogen-bond donors (Lipinski definition) is 1. The predicted molar refractivity (Wildman–Crippen MR) is 81.1 cm³/mol. The molecule has 0 spiro atoms. The molecule has 0 bridgehead atoms. The van der Waals surface area contributed by atoms with Gasteiger partial charge in [-0.1, -0.05) is 0 Å². The van der Waals surface area contributed by atoms with Crippen molar-refractivity contribution in [2.45, 2.75) is 12.8 Å². The van der Waals surface area contributed by atoms with Crippen LogP contribution in [0.25, 0.3) is 0 Å². The van der Waals surface area contributed by atoms with Crippen molar-refractivity contribution < 1.29 is 9.53 Å². The van der Waals surface area contributed by atoms with E-state index in [4.69, 9.17) is 4.74 Å². The zero-order valence-corrected chi connectivity index (χ0v) is 13.2. The average molecular weight is 286 g/mol. The molecule has 6 nitrogen and oxygen atoms in total. The van der Waals surface area contributed by atoms with E-state index in [2.05, 4.69) is 29.2 Å². The van der Waals surface area contributed by atoms with E-state index in [1.54, 1.807) is 7.11 Å². The first kappa shape index (κ1) is 17.2. The van der Waals surface area contributed by atoms with Gasteiger partial charge in [0.05, 0.1) is 0 Å². The van der Waals surface area contributed by atoms with Gasteiger partial charge in [-0.2, -0.15) is 0 Å². The summed E-state index contributed by atoms with van der Waals surface area (Å²) in [5, 5.41) is 2.94. The van der Waals surface area contributed by atoms with Gasteiger partial charge in [-0.15, -0.1) is 0 Å². The molecule has 0 radical (unpaired) electrons. The topological polar surface area (TPSA) is 48.1 Å². The van der Waals surface area contributed by atoms with Crippen LogP contribution in [0, 0.1) is 0 Å². The molecule has 6 heteroatoms. The van der Waals surface area contributed by atoms with Crippen LogP contribution in [0.15, 0.2) is 0 Å². The van der Waals surface area contributed by atoms with E-state index in [9.17, 15) is 4.79 Å². The second kappa shape index (κ2) is 9.96. The maximum atomic E-state index is 11.9. The van der Waals surface area contributed by atoms with Crippen molar-refractivity contribution in [1.29, 1.82) is 0 Å². The van der Waals surface area contributed by atoms with E-state index < -0.39 is 0 Å². The molecule has 1 N–H and O–H groups in total. The van der Waals surface area contributed by atoms with E-state index in [0.29, 0.717) is 13.2 Å². The zero-order valence-electron chi connectivity index (χ0n) is 13.2. The van der Waals surface area contributed by atoms with Crippen LogP contribution < -0.4 is 5.32 Å². The molecule has 0 aromatic rings. The number of nitrogens with one attached hydrogen (secondary N) is 1. The molecule has 0 aromatic heterocycles. The Morgan fingerprint density at radius 2 is 1.90 bits per heavy atom. The Morgan fingerprint density at radius 3 is 2.50 bits per heavy atom. The number of methoxy groups -OCH3 is 1. The first-order chi connectivity index (χ1) is 9.63. The van der Waals surface area contributed by atoms with Crippen molar-refractivity contribution in [2.75, 3.05) is 73.6 Å². The third-order valence-corrected chi connectivity index (χ3v) is 3.54. The Balaban J connectivity index is 2.10. The second-order valence-corrected chi connectivity index (χ2v) is 5.56. The molecule has 1 fully saturated rings. The lowest BCUT2D eigenvalue weighted by molar-refractivity contribution is 0.135. The third kappa shape index (κ3) is 7.07. The van der Waals surface area contributed by atoms with Crippen LogP contribution in [0.4, 0.5) is 4.79 Å². The molecule has 0 aromatic carbocycles. The van der Waals surface area contributed by atoms with E-state index in [1.165, 1.54) is 6.42 Å². The van der Waals surface area contributed by atoms with Crippen LogP contribution in [0.3, 0.4) is 0 Å². The summed E-state index contributed by atoms with van der Waals surface area (Å²) in [6.07, 6.45) is 2.06. The highest BCUT2D eigenvalue weighted by Gasteiger charge is 2.20. The number of rotatable bonds is 8. The number of piperazine rings is 1. The highest BCUT2D eigenvalue weighted by molar-refractivity contribution is 5.74. The summed E-state index contributed by atoms with van der Waals surface area (Å²) in [6, 6.07) is 0.0639. The van der Waals surface area contributed by atoms with Crippen LogP contribution in [-0.2, 0) is 4.74 Å². The predicted octanol–water partition coefficient (Wildman–Crippen LogP) is 0.302.